The summed E-state index contributed by atoms with van der Waals surface area (Å²) in [5.41, 5.74) is 7.89. The molecule has 0 radical (unpaired) electrons. The van der Waals surface area contributed by atoms with Crippen molar-refractivity contribution in [1.29, 1.82) is 0 Å². The van der Waals surface area contributed by atoms with Gasteiger partial charge in [-0.15, -0.1) is 0 Å². The van der Waals surface area contributed by atoms with Crippen LogP contribution in [0.5, 0.6) is 0 Å². The standard InChI is InChI=1S/C25H39N5O2/c1-17(18-7-4-3-5-8-18)12-13-27-24(31)19-9-6-14-30(16-19)20-10-11-21-22(15-20)28-29-23(21)25(32)26-2/h3-5,7-8,17,19-23,28-29H,6,9-16H2,1-2H3,(H,26,32)(H,27,31). The fourth-order valence-electron chi connectivity index (χ4n) is 5.84. The molecule has 1 aliphatic carbocycles. The van der Waals surface area contributed by atoms with Crippen LogP contribution in [0.15, 0.2) is 30.3 Å². The van der Waals surface area contributed by atoms with Crippen molar-refractivity contribution in [1.82, 2.24) is 26.4 Å². The van der Waals surface area contributed by atoms with Crippen molar-refractivity contribution < 1.29 is 9.59 Å². The molecule has 7 heteroatoms. The van der Waals surface area contributed by atoms with Crippen LogP contribution in [-0.2, 0) is 9.59 Å². The summed E-state index contributed by atoms with van der Waals surface area (Å²) in [5, 5.41) is 5.98. The Hall–Kier alpha value is -1.96. The molecule has 4 N–H and O–H groups in total. The molecule has 4 rings (SSSR count). The van der Waals surface area contributed by atoms with Crippen LogP contribution in [0.25, 0.3) is 0 Å². The smallest absolute Gasteiger partial charge is 0.238 e. The lowest BCUT2D eigenvalue weighted by Gasteiger charge is -2.42. The minimum atomic E-state index is -0.135. The molecule has 2 saturated heterocycles. The molecule has 0 spiro atoms. The largest absolute Gasteiger partial charge is 0.358 e. The zero-order valence-corrected chi connectivity index (χ0v) is 19.5. The molecule has 1 aromatic carbocycles. The van der Waals surface area contributed by atoms with Crippen molar-refractivity contribution in [3.63, 3.8) is 0 Å². The number of nitrogens with zero attached hydrogens (tertiary/aromatic N) is 1. The molecule has 1 aromatic rings. The fourth-order valence-corrected chi connectivity index (χ4v) is 5.84. The molecule has 2 aliphatic heterocycles. The summed E-state index contributed by atoms with van der Waals surface area (Å²) < 4.78 is 0. The number of hydrogen-bond donors (Lipinski definition) is 4. The van der Waals surface area contributed by atoms with Gasteiger partial charge in [0, 0.05) is 38.1 Å². The van der Waals surface area contributed by atoms with Crippen molar-refractivity contribution in [3.8, 4) is 0 Å². The van der Waals surface area contributed by atoms with Gasteiger partial charge in [-0.3, -0.25) is 19.9 Å². The van der Waals surface area contributed by atoms with E-state index in [4.69, 9.17) is 0 Å². The second-order valence-corrected chi connectivity index (χ2v) is 9.84. The van der Waals surface area contributed by atoms with E-state index >= 15 is 0 Å². The number of likely N-dealkylation sites (tertiary alicyclic amines) is 1. The van der Waals surface area contributed by atoms with E-state index in [0.717, 1.165) is 58.2 Å². The molecule has 2 amide bonds. The molecule has 176 valence electrons. The molecular weight excluding hydrogens is 402 g/mol. The van der Waals surface area contributed by atoms with Crippen LogP contribution < -0.4 is 21.5 Å². The molecule has 0 bridgehead atoms. The predicted molar refractivity (Wildman–Crippen MR) is 126 cm³/mol. The summed E-state index contributed by atoms with van der Waals surface area (Å²) in [7, 11) is 1.70. The van der Waals surface area contributed by atoms with Gasteiger partial charge in [0.25, 0.3) is 0 Å². The Bertz CT molecular complexity index is 773. The van der Waals surface area contributed by atoms with Gasteiger partial charge in [0.1, 0.15) is 6.04 Å². The quantitative estimate of drug-likeness (QED) is 0.518. The number of fused-ring (bicyclic) bond motifs is 1. The lowest BCUT2D eigenvalue weighted by Crippen LogP contribution is -2.51. The van der Waals surface area contributed by atoms with Gasteiger partial charge in [-0.2, -0.15) is 0 Å². The van der Waals surface area contributed by atoms with Gasteiger partial charge in [0.2, 0.25) is 11.8 Å². The number of likely N-dealkylation sites (N-methyl/N-ethyl adjacent to an activating group) is 1. The first-order valence-electron chi connectivity index (χ1n) is 12.4. The Balaban J connectivity index is 1.23. The third kappa shape index (κ3) is 5.33. The van der Waals surface area contributed by atoms with Crippen LogP contribution in [0, 0.1) is 11.8 Å². The van der Waals surface area contributed by atoms with E-state index < -0.39 is 0 Å². The highest BCUT2D eigenvalue weighted by molar-refractivity contribution is 5.82. The van der Waals surface area contributed by atoms with Gasteiger partial charge in [0.05, 0.1) is 5.92 Å². The number of carbonyl (C=O) groups excluding carboxylic acids is 2. The average Bonchev–Trinajstić information content (AvgIpc) is 3.27. The number of benzene rings is 1. The number of rotatable bonds is 7. The van der Waals surface area contributed by atoms with Crippen LogP contribution in [0.3, 0.4) is 0 Å². The number of piperidine rings is 1. The number of carbonyl (C=O) groups is 2. The van der Waals surface area contributed by atoms with Crippen molar-refractivity contribution in [2.24, 2.45) is 11.8 Å². The van der Waals surface area contributed by atoms with E-state index in [1.807, 2.05) is 6.07 Å². The summed E-state index contributed by atoms with van der Waals surface area (Å²) in [6, 6.07) is 11.2. The monoisotopic (exact) mass is 441 g/mol. The minimum Gasteiger partial charge on any atom is -0.358 e. The van der Waals surface area contributed by atoms with Gasteiger partial charge in [-0.05, 0) is 56.6 Å². The van der Waals surface area contributed by atoms with E-state index in [9.17, 15) is 9.59 Å². The molecule has 2 heterocycles. The van der Waals surface area contributed by atoms with Gasteiger partial charge < -0.3 is 10.6 Å². The van der Waals surface area contributed by atoms with Gasteiger partial charge in [-0.1, -0.05) is 37.3 Å². The highest BCUT2D eigenvalue weighted by atomic mass is 16.2. The number of hydrogen-bond acceptors (Lipinski definition) is 5. The Labute approximate surface area is 192 Å². The maximum atomic E-state index is 12.9. The molecule has 3 aliphatic rings. The molecule has 6 atom stereocenters. The molecule has 1 saturated carbocycles. The molecule has 3 fully saturated rings. The highest BCUT2D eigenvalue weighted by Gasteiger charge is 2.44. The number of nitrogens with one attached hydrogen (secondary N) is 4. The van der Waals surface area contributed by atoms with Crippen molar-refractivity contribution in [2.45, 2.75) is 69.5 Å². The first-order chi connectivity index (χ1) is 15.6. The normalized spacial score (nSPS) is 31.5. The summed E-state index contributed by atoms with van der Waals surface area (Å²) in [4.78, 5) is 27.5. The van der Waals surface area contributed by atoms with Crippen LogP contribution in [0.2, 0.25) is 0 Å². The van der Waals surface area contributed by atoms with Gasteiger partial charge in [-0.25, -0.2) is 5.43 Å². The first-order valence-corrected chi connectivity index (χ1v) is 12.4. The third-order valence-corrected chi connectivity index (χ3v) is 7.84. The lowest BCUT2D eigenvalue weighted by atomic mass is 9.78. The van der Waals surface area contributed by atoms with Crippen molar-refractivity contribution in [3.05, 3.63) is 35.9 Å². The molecular formula is C25H39N5O2. The number of hydrazine groups is 1. The topological polar surface area (TPSA) is 85.5 Å². The van der Waals surface area contributed by atoms with Gasteiger partial charge in [0.15, 0.2) is 0 Å². The summed E-state index contributed by atoms with van der Waals surface area (Å²) in [5.74, 6) is 1.16. The van der Waals surface area contributed by atoms with E-state index in [1.54, 1.807) is 7.05 Å². The summed E-state index contributed by atoms with van der Waals surface area (Å²) >= 11 is 0. The molecule has 0 aromatic heterocycles. The predicted octanol–water partition coefficient (Wildman–Crippen LogP) is 1.77. The zero-order chi connectivity index (χ0) is 22.5. The average molecular weight is 442 g/mol. The maximum absolute atomic E-state index is 12.9. The van der Waals surface area contributed by atoms with E-state index in [0.29, 0.717) is 23.9 Å². The molecule has 7 nitrogen and oxygen atoms in total. The van der Waals surface area contributed by atoms with Gasteiger partial charge >= 0.3 is 0 Å². The van der Waals surface area contributed by atoms with Crippen molar-refractivity contribution in [2.75, 3.05) is 26.7 Å². The molecule has 6 unspecified atom stereocenters. The van der Waals surface area contributed by atoms with Crippen LogP contribution >= 0.6 is 0 Å². The first kappa shape index (κ1) is 23.2. The van der Waals surface area contributed by atoms with E-state index in [2.05, 4.69) is 57.6 Å². The summed E-state index contributed by atoms with van der Waals surface area (Å²) in [6.07, 6.45) is 6.19. The lowest BCUT2D eigenvalue weighted by molar-refractivity contribution is -0.127. The van der Waals surface area contributed by atoms with E-state index in [1.165, 1.54) is 5.56 Å². The summed E-state index contributed by atoms with van der Waals surface area (Å²) in [6.45, 7) is 4.88. The third-order valence-electron chi connectivity index (χ3n) is 7.84. The van der Waals surface area contributed by atoms with Crippen LogP contribution in [0.4, 0.5) is 0 Å². The Kier molecular flexibility index (Phi) is 7.81. The highest BCUT2D eigenvalue weighted by Crippen LogP contribution is 2.34. The van der Waals surface area contributed by atoms with Crippen molar-refractivity contribution >= 4 is 11.8 Å². The van der Waals surface area contributed by atoms with Crippen LogP contribution in [-0.4, -0.2) is 61.5 Å². The Morgan fingerprint density at radius 3 is 2.72 bits per heavy atom. The SMILES string of the molecule is CNC(=O)C1NNC2CC(N3CCCC(C(=O)NCCC(C)c4ccccc4)C3)CCC21. The van der Waals surface area contributed by atoms with Crippen LogP contribution in [0.1, 0.15) is 56.9 Å². The maximum Gasteiger partial charge on any atom is 0.238 e. The Morgan fingerprint density at radius 1 is 1.12 bits per heavy atom. The minimum absolute atomic E-state index is 0.0692. The zero-order valence-electron chi connectivity index (χ0n) is 19.5. The Morgan fingerprint density at radius 2 is 1.94 bits per heavy atom. The second kappa shape index (κ2) is 10.8. The number of amides is 2. The molecule has 32 heavy (non-hydrogen) atoms. The van der Waals surface area contributed by atoms with E-state index in [-0.39, 0.29) is 23.8 Å². The fraction of sp³-hybridized carbons (Fsp3) is 0.680. The second-order valence-electron chi connectivity index (χ2n) is 9.84.